The lowest BCUT2D eigenvalue weighted by Crippen LogP contribution is -2.20. The van der Waals surface area contributed by atoms with E-state index in [-0.39, 0.29) is 5.41 Å². The molecule has 0 atom stereocenters. The van der Waals surface area contributed by atoms with Gasteiger partial charge >= 0.3 is 0 Å². The lowest BCUT2D eigenvalue weighted by molar-refractivity contribution is 0.517. The first-order valence-electron chi connectivity index (χ1n) is 6.74. The van der Waals surface area contributed by atoms with E-state index < -0.39 is 0 Å². The molecule has 2 aromatic rings. The molecule has 2 heterocycles. The Kier molecular flexibility index (Phi) is 3.47. The van der Waals surface area contributed by atoms with Crippen LogP contribution >= 0.6 is 0 Å². The van der Waals surface area contributed by atoms with Gasteiger partial charge in [-0.2, -0.15) is 9.78 Å². The number of hydrogen-bond acceptors (Lipinski definition) is 3. The second-order valence-electron chi connectivity index (χ2n) is 6.42. The Morgan fingerprint density at radius 1 is 1.26 bits per heavy atom. The summed E-state index contributed by atoms with van der Waals surface area (Å²) in [6.45, 7) is 10.8. The smallest absolute Gasteiger partial charge is 0.153 e. The average Bonchev–Trinajstić information content (AvgIpc) is 2.82. The van der Waals surface area contributed by atoms with Crippen molar-refractivity contribution in [3.63, 3.8) is 0 Å². The Morgan fingerprint density at radius 2 is 1.95 bits per heavy atom. The van der Waals surface area contributed by atoms with Crippen molar-refractivity contribution in [2.24, 2.45) is 13.0 Å². The van der Waals surface area contributed by atoms with Gasteiger partial charge in [-0.05, 0) is 5.92 Å². The van der Waals surface area contributed by atoms with Gasteiger partial charge in [-0.3, -0.25) is 4.68 Å². The summed E-state index contributed by atoms with van der Waals surface area (Å²) in [5, 5.41) is 8.88. The Hall–Kier alpha value is -1.65. The lowest BCUT2D eigenvalue weighted by atomic mass is 9.95. The van der Waals surface area contributed by atoms with E-state index in [1.807, 2.05) is 22.5 Å². The molecule has 0 spiro atoms. The van der Waals surface area contributed by atoms with Gasteiger partial charge in [0.1, 0.15) is 5.82 Å². The summed E-state index contributed by atoms with van der Waals surface area (Å²) in [7, 11) is 1.92. The van der Waals surface area contributed by atoms with E-state index in [9.17, 15) is 0 Å². The molecule has 0 N–H and O–H groups in total. The maximum absolute atomic E-state index is 4.73. The van der Waals surface area contributed by atoms with E-state index in [0.717, 1.165) is 23.9 Å². The van der Waals surface area contributed by atoms with Gasteiger partial charge in [-0.1, -0.05) is 34.6 Å². The number of hydrogen-bond donors (Lipinski definition) is 0. The molecule has 0 aromatic carbocycles. The highest BCUT2D eigenvalue weighted by molar-refractivity contribution is 5.24. The molecule has 0 bridgehead atoms. The van der Waals surface area contributed by atoms with Crippen LogP contribution in [0.15, 0.2) is 12.3 Å². The topological polar surface area (TPSA) is 48.5 Å². The van der Waals surface area contributed by atoms with Gasteiger partial charge in [0.15, 0.2) is 11.6 Å². The Morgan fingerprint density at radius 3 is 2.42 bits per heavy atom. The van der Waals surface area contributed by atoms with Crippen LogP contribution in [0.1, 0.15) is 46.3 Å². The second-order valence-corrected chi connectivity index (χ2v) is 6.42. The second kappa shape index (κ2) is 4.79. The SMILES string of the molecule is CC(C)Cc1nc(C(C)(C)C)n(-c2ccnn2C)n1. The van der Waals surface area contributed by atoms with E-state index in [1.54, 1.807) is 6.20 Å². The minimum absolute atomic E-state index is 0.0491. The predicted octanol–water partition coefficient (Wildman–Crippen LogP) is 2.50. The first-order chi connectivity index (χ1) is 8.79. The fourth-order valence-electron chi connectivity index (χ4n) is 2.03. The fraction of sp³-hybridized carbons (Fsp3) is 0.643. The minimum atomic E-state index is -0.0491. The van der Waals surface area contributed by atoms with Gasteiger partial charge in [0.2, 0.25) is 0 Å². The van der Waals surface area contributed by atoms with Crippen molar-refractivity contribution in [2.75, 3.05) is 0 Å². The normalized spacial score (nSPS) is 12.4. The molecule has 104 valence electrons. The molecule has 19 heavy (non-hydrogen) atoms. The van der Waals surface area contributed by atoms with E-state index in [2.05, 4.69) is 44.8 Å². The molecule has 0 aliphatic heterocycles. The zero-order valence-corrected chi connectivity index (χ0v) is 12.7. The molecule has 0 unspecified atom stereocenters. The Labute approximate surface area is 114 Å². The number of aromatic nitrogens is 5. The summed E-state index contributed by atoms with van der Waals surface area (Å²) >= 11 is 0. The third-order valence-electron chi connectivity index (χ3n) is 2.92. The molecule has 0 saturated heterocycles. The molecule has 0 radical (unpaired) electrons. The standard InChI is InChI=1S/C14H23N5/c1-10(2)9-11-16-13(14(3,4)5)19(17-11)12-7-8-15-18(12)6/h7-8,10H,9H2,1-6H3. The fourth-order valence-corrected chi connectivity index (χ4v) is 2.03. The van der Waals surface area contributed by atoms with Crippen LogP contribution in [-0.2, 0) is 18.9 Å². The molecule has 0 fully saturated rings. The van der Waals surface area contributed by atoms with Crippen molar-refractivity contribution < 1.29 is 0 Å². The van der Waals surface area contributed by atoms with Crippen LogP contribution in [0.3, 0.4) is 0 Å². The third kappa shape index (κ3) is 2.85. The first-order valence-corrected chi connectivity index (χ1v) is 6.74. The maximum atomic E-state index is 4.73. The van der Waals surface area contributed by atoms with Crippen molar-refractivity contribution in [1.82, 2.24) is 24.5 Å². The van der Waals surface area contributed by atoms with Gasteiger partial charge in [0.25, 0.3) is 0 Å². The zero-order chi connectivity index (χ0) is 14.2. The van der Waals surface area contributed by atoms with Crippen LogP contribution in [0.4, 0.5) is 0 Å². The summed E-state index contributed by atoms with van der Waals surface area (Å²) in [5.74, 6) is 3.38. The monoisotopic (exact) mass is 261 g/mol. The summed E-state index contributed by atoms with van der Waals surface area (Å²) < 4.78 is 3.74. The van der Waals surface area contributed by atoms with Gasteiger partial charge in [0.05, 0.1) is 6.20 Å². The van der Waals surface area contributed by atoms with Crippen LogP contribution in [0.5, 0.6) is 0 Å². The third-order valence-corrected chi connectivity index (χ3v) is 2.92. The molecule has 5 heteroatoms. The Bertz CT molecular complexity index is 557. The number of rotatable bonds is 3. The quantitative estimate of drug-likeness (QED) is 0.853. The van der Waals surface area contributed by atoms with Gasteiger partial charge in [-0.25, -0.2) is 4.98 Å². The summed E-state index contributed by atoms with van der Waals surface area (Å²) in [6, 6.07) is 1.96. The average molecular weight is 261 g/mol. The summed E-state index contributed by atoms with van der Waals surface area (Å²) in [6.07, 6.45) is 2.68. The van der Waals surface area contributed by atoms with Crippen LogP contribution < -0.4 is 0 Å². The molecule has 2 rings (SSSR count). The van der Waals surface area contributed by atoms with Gasteiger partial charge in [0, 0.05) is 24.9 Å². The van der Waals surface area contributed by atoms with E-state index in [1.165, 1.54) is 0 Å². The largest absolute Gasteiger partial charge is 0.251 e. The molecule has 0 amide bonds. The maximum Gasteiger partial charge on any atom is 0.153 e. The highest BCUT2D eigenvalue weighted by Crippen LogP contribution is 2.23. The molecule has 5 nitrogen and oxygen atoms in total. The van der Waals surface area contributed by atoms with Crippen molar-refractivity contribution in [2.45, 2.75) is 46.5 Å². The molecular formula is C14H23N5. The lowest BCUT2D eigenvalue weighted by Gasteiger charge is -2.18. The number of nitrogens with zero attached hydrogens (tertiary/aromatic N) is 5. The highest BCUT2D eigenvalue weighted by atomic mass is 15.4. The van der Waals surface area contributed by atoms with E-state index in [0.29, 0.717) is 5.92 Å². The van der Waals surface area contributed by atoms with E-state index >= 15 is 0 Å². The summed E-state index contributed by atoms with van der Waals surface area (Å²) in [5.41, 5.74) is -0.0491. The van der Waals surface area contributed by atoms with Crippen LogP contribution in [0.25, 0.3) is 5.82 Å². The first kappa shape index (κ1) is 13.8. The van der Waals surface area contributed by atoms with Gasteiger partial charge in [-0.15, -0.1) is 5.10 Å². The van der Waals surface area contributed by atoms with Crippen LogP contribution in [0, 0.1) is 5.92 Å². The Balaban J connectivity index is 2.52. The summed E-state index contributed by atoms with van der Waals surface area (Å²) in [4.78, 5) is 4.73. The van der Waals surface area contributed by atoms with Crippen molar-refractivity contribution in [1.29, 1.82) is 0 Å². The zero-order valence-electron chi connectivity index (χ0n) is 12.7. The van der Waals surface area contributed by atoms with Crippen LogP contribution in [0.2, 0.25) is 0 Å². The molecule has 2 aromatic heterocycles. The van der Waals surface area contributed by atoms with Crippen molar-refractivity contribution in [3.8, 4) is 5.82 Å². The van der Waals surface area contributed by atoms with Crippen molar-refractivity contribution in [3.05, 3.63) is 23.9 Å². The minimum Gasteiger partial charge on any atom is -0.251 e. The molecular weight excluding hydrogens is 238 g/mol. The van der Waals surface area contributed by atoms with Crippen molar-refractivity contribution >= 4 is 0 Å². The molecule has 0 aliphatic carbocycles. The molecule has 0 aliphatic rings. The van der Waals surface area contributed by atoms with Gasteiger partial charge < -0.3 is 0 Å². The van der Waals surface area contributed by atoms with E-state index in [4.69, 9.17) is 4.98 Å². The predicted molar refractivity (Wildman–Crippen MR) is 75.4 cm³/mol. The van der Waals surface area contributed by atoms with Crippen LogP contribution in [-0.4, -0.2) is 24.5 Å². The number of aryl methyl sites for hydroxylation is 1. The molecule has 0 saturated carbocycles. The highest BCUT2D eigenvalue weighted by Gasteiger charge is 2.25.